The highest BCUT2D eigenvalue weighted by Gasteiger charge is 2.06. The molecule has 0 aromatic rings. The summed E-state index contributed by atoms with van der Waals surface area (Å²) in [5.41, 5.74) is 0. The van der Waals surface area contributed by atoms with Crippen LogP contribution in [0.15, 0.2) is 12.2 Å². The third-order valence-electron chi connectivity index (χ3n) is 12.2. The predicted molar refractivity (Wildman–Crippen MR) is 249 cm³/mol. The van der Waals surface area contributed by atoms with E-state index in [2.05, 4.69) is 49.6 Å². The lowest BCUT2D eigenvalue weighted by Crippen LogP contribution is -2.28. The summed E-state index contributed by atoms with van der Waals surface area (Å²) in [5.74, 6) is 0. The Bertz CT molecular complexity index is 569. The molecule has 2 heteroatoms. The fraction of sp³-hybridized carbons (Fsp3) is 0.962. The van der Waals surface area contributed by atoms with Gasteiger partial charge in [0, 0.05) is 13.1 Å². The SMILES string of the molecule is CCCCCCCCCCCCN(C/C=C/CN(CCCCCCCCCCCC)CCCCCCCCCCCC)CCCCCCCCCCCC. The number of rotatable bonds is 48. The van der Waals surface area contributed by atoms with Crippen LogP contribution in [-0.4, -0.2) is 49.1 Å². The highest BCUT2D eigenvalue weighted by Crippen LogP contribution is 2.15. The van der Waals surface area contributed by atoms with Crippen LogP contribution < -0.4 is 0 Å². The Morgan fingerprint density at radius 3 is 0.519 bits per heavy atom. The number of unbranched alkanes of at least 4 members (excludes halogenated alkanes) is 36. The van der Waals surface area contributed by atoms with Crippen molar-refractivity contribution in [1.29, 1.82) is 0 Å². The van der Waals surface area contributed by atoms with Gasteiger partial charge in [-0.25, -0.2) is 0 Å². The molecule has 0 aliphatic carbocycles. The summed E-state index contributed by atoms with van der Waals surface area (Å²) in [5, 5.41) is 0. The minimum absolute atomic E-state index is 1.17. The average Bonchev–Trinajstić information content (AvgIpc) is 3.18. The van der Waals surface area contributed by atoms with Crippen LogP contribution >= 0.6 is 0 Å². The fourth-order valence-corrected chi connectivity index (χ4v) is 8.33. The van der Waals surface area contributed by atoms with Crippen molar-refractivity contribution in [3.8, 4) is 0 Å². The summed E-state index contributed by atoms with van der Waals surface area (Å²) < 4.78 is 0. The van der Waals surface area contributed by atoms with E-state index in [4.69, 9.17) is 0 Å². The van der Waals surface area contributed by atoms with E-state index in [9.17, 15) is 0 Å². The molecule has 0 amide bonds. The summed E-state index contributed by atoms with van der Waals surface area (Å²) in [6.45, 7) is 16.8. The lowest BCUT2D eigenvalue weighted by Gasteiger charge is -2.22. The van der Waals surface area contributed by atoms with Crippen molar-refractivity contribution in [1.82, 2.24) is 9.80 Å². The zero-order valence-corrected chi connectivity index (χ0v) is 38.6. The molecule has 0 saturated carbocycles. The van der Waals surface area contributed by atoms with Gasteiger partial charge < -0.3 is 0 Å². The molecule has 0 heterocycles. The molecular weight excluding hydrogens is 653 g/mol. The summed E-state index contributed by atoms with van der Waals surface area (Å²) in [6, 6.07) is 0. The zero-order chi connectivity index (χ0) is 39.1. The molecule has 2 nitrogen and oxygen atoms in total. The minimum atomic E-state index is 1.17. The molecule has 0 aromatic heterocycles. The zero-order valence-electron chi connectivity index (χ0n) is 38.6. The van der Waals surface area contributed by atoms with Gasteiger partial charge in [0.2, 0.25) is 0 Å². The standard InChI is InChI=1S/C52H106N2/c1-5-9-13-17-21-25-29-33-37-41-47-53(48-42-38-34-30-26-22-18-14-10-6-2)51-45-46-52-54(49-43-39-35-31-27-23-19-15-11-7-3)50-44-40-36-32-28-24-20-16-12-8-4/h45-46H,5-44,47-52H2,1-4H3/b46-45+. The molecule has 0 rings (SSSR count). The Balaban J connectivity index is 4.69. The lowest BCUT2D eigenvalue weighted by atomic mass is 10.1. The highest BCUT2D eigenvalue weighted by molar-refractivity contribution is 4.88. The minimum Gasteiger partial charge on any atom is -0.300 e. The molecule has 0 saturated heterocycles. The number of hydrogen-bond acceptors (Lipinski definition) is 2. The van der Waals surface area contributed by atoms with Crippen molar-refractivity contribution in [2.24, 2.45) is 0 Å². The van der Waals surface area contributed by atoms with Gasteiger partial charge in [0.25, 0.3) is 0 Å². The molecule has 0 aliphatic heterocycles. The molecule has 0 radical (unpaired) electrons. The Labute approximate surface area is 344 Å². The second-order valence-corrected chi connectivity index (χ2v) is 17.8. The first-order chi connectivity index (χ1) is 26.8. The van der Waals surface area contributed by atoms with Gasteiger partial charge in [-0.05, 0) is 51.9 Å². The maximum Gasteiger partial charge on any atom is 0.0163 e. The van der Waals surface area contributed by atoms with E-state index in [1.807, 2.05) is 0 Å². The number of hydrogen-bond donors (Lipinski definition) is 0. The van der Waals surface area contributed by atoms with Crippen LogP contribution in [0.4, 0.5) is 0 Å². The summed E-state index contributed by atoms with van der Waals surface area (Å²) in [7, 11) is 0. The van der Waals surface area contributed by atoms with Gasteiger partial charge in [-0.15, -0.1) is 0 Å². The highest BCUT2D eigenvalue weighted by atomic mass is 15.1. The van der Waals surface area contributed by atoms with E-state index in [-0.39, 0.29) is 0 Å². The molecule has 324 valence electrons. The van der Waals surface area contributed by atoms with E-state index in [1.165, 1.54) is 296 Å². The smallest absolute Gasteiger partial charge is 0.0163 e. The normalized spacial score (nSPS) is 12.0. The molecular formula is C52H106N2. The third kappa shape index (κ3) is 44.4. The van der Waals surface area contributed by atoms with Crippen LogP contribution in [0.1, 0.15) is 285 Å². The summed E-state index contributed by atoms with van der Waals surface area (Å²) >= 11 is 0. The van der Waals surface area contributed by atoms with Crippen molar-refractivity contribution in [2.45, 2.75) is 285 Å². The Hall–Kier alpha value is -0.340. The molecule has 0 unspecified atom stereocenters. The van der Waals surface area contributed by atoms with Gasteiger partial charge >= 0.3 is 0 Å². The van der Waals surface area contributed by atoms with Crippen molar-refractivity contribution in [2.75, 3.05) is 39.3 Å². The largest absolute Gasteiger partial charge is 0.300 e. The monoisotopic (exact) mass is 759 g/mol. The first-order valence-corrected chi connectivity index (χ1v) is 25.9. The van der Waals surface area contributed by atoms with Crippen molar-refractivity contribution in [3.05, 3.63) is 12.2 Å². The Morgan fingerprint density at radius 1 is 0.204 bits per heavy atom. The molecule has 0 N–H and O–H groups in total. The second-order valence-electron chi connectivity index (χ2n) is 17.8. The number of nitrogens with zero attached hydrogens (tertiary/aromatic N) is 2. The van der Waals surface area contributed by atoms with E-state index in [0.29, 0.717) is 0 Å². The maximum absolute atomic E-state index is 2.81. The van der Waals surface area contributed by atoms with Gasteiger partial charge in [-0.2, -0.15) is 0 Å². The summed E-state index contributed by atoms with van der Waals surface area (Å²) in [6.07, 6.45) is 62.5. The van der Waals surface area contributed by atoms with Crippen LogP contribution in [-0.2, 0) is 0 Å². The molecule has 0 bridgehead atoms. The van der Waals surface area contributed by atoms with Crippen molar-refractivity contribution >= 4 is 0 Å². The quantitative estimate of drug-likeness (QED) is 0.0450. The van der Waals surface area contributed by atoms with Crippen LogP contribution in [0, 0.1) is 0 Å². The van der Waals surface area contributed by atoms with E-state index in [1.54, 1.807) is 0 Å². The van der Waals surface area contributed by atoms with Gasteiger partial charge in [-0.1, -0.05) is 271 Å². The molecule has 0 fully saturated rings. The topological polar surface area (TPSA) is 6.48 Å². The Morgan fingerprint density at radius 2 is 0.352 bits per heavy atom. The Kier molecular flexibility index (Phi) is 48.5. The van der Waals surface area contributed by atoms with Crippen molar-refractivity contribution in [3.63, 3.8) is 0 Å². The summed E-state index contributed by atoms with van der Waals surface area (Å²) in [4.78, 5) is 5.61. The van der Waals surface area contributed by atoms with Gasteiger partial charge in [0.15, 0.2) is 0 Å². The first kappa shape index (κ1) is 53.7. The van der Waals surface area contributed by atoms with Crippen LogP contribution in [0.3, 0.4) is 0 Å². The third-order valence-corrected chi connectivity index (χ3v) is 12.2. The molecule has 0 aromatic carbocycles. The van der Waals surface area contributed by atoms with E-state index < -0.39 is 0 Å². The van der Waals surface area contributed by atoms with Gasteiger partial charge in [0.05, 0.1) is 0 Å². The average molecular weight is 759 g/mol. The second kappa shape index (κ2) is 48.8. The first-order valence-electron chi connectivity index (χ1n) is 25.9. The van der Waals surface area contributed by atoms with Crippen molar-refractivity contribution < 1.29 is 0 Å². The lowest BCUT2D eigenvalue weighted by molar-refractivity contribution is 0.279. The molecule has 54 heavy (non-hydrogen) atoms. The van der Waals surface area contributed by atoms with Crippen LogP contribution in [0.5, 0.6) is 0 Å². The molecule has 0 spiro atoms. The van der Waals surface area contributed by atoms with E-state index >= 15 is 0 Å². The van der Waals surface area contributed by atoms with Gasteiger partial charge in [-0.3, -0.25) is 9.80 Å². The predicted octanol–water partition coefficient (Wildman–Crippen LogP) is 17.8. The van der Waals surface area contributed by atoms with E-state index in [0.717, 1.165) is 0 Å². The fourth-order valence-electron chi connectivity index (χ4n) is 8.33. The van der Waals surface area contributed by atoms with Crippen LogP contribution in [0.25, 0.3) is 0 Å². The maximum atomic E-state index is 2.81. The van der Waals surface area contributed by atoms with Gasteiger partial charge in [0.1, 0.15) is 0 Å². The molecule has 0 aliphatic rings. The molecule has 0 atom stereocenters. The van der Waals surface area contributed by atoms with Crippen LogP contribution in [0.2, 0.25) is 0 Å².